The zero-order chi connectivity index (χ0) is 21.6. The molecule has 1 aliphatic rings. The van der Waals surface area contributed by atoms with Crippen molar-refractivity contribution in [3.8, 4) is 0 Å². The summed E-state index contributed by atoms with van der Waals surface area (Å²) in [6.07, 6.45) is -4.07. The van der Waals surface area contributed by atoms with Gasteiger partial charge in [0.25, 0.3) is 5.91 Å². The largest absolute Gasteiger partial charge is 0.419 e. The van der Waals surface area contributed by atoms with Crippen molar-refractivity contribution in [1.29, 1.82) is 0 Å². The van der Waals surface area contributed by atoms with Crippen LogP contribution in [0.15, 0.2) is 29.3 Å². The monoisotopic (exact) mass is 413 g/mol. The molecule has 1 fully saturated rings. The smallest absolute Gasteiger partial charge is 0.376 e. The lowest BCUT2D eigenvalue weighted by molar-refractivity contribution is -0.140. The number of hydrogen-bond donors (Lipinski definition) is 0. The van der Waals surface area contributed by atoms with Gasteiger partial charge in [0.2, 0.25) is 0 Å². The maximum Gasteiger partial charge on any atom is 0.419 e. The fourth-order valence-corrected chi connectivity index (χ4v) is 3.28. The van der Waals surface area contributed by atoms with Crippen molar-refractivity contribution in [2.24, 2.45) is 12.0 Å². The topological polar surface area (TPSA) is 48.5 Å². The van der Waals surface area contributed by atoms with Crippen molar-refractivity contribution >= 4 is 5.91 Å². The van der Waals surface area contributed by atoms with Crippen LogP contribution in [0.25, 0.3) is 0 Å². The molecule has 2 heterocycles. The molecule has 1 amide bonds. The molecule has 0 bridgehead atoms. The summed E-state index contributed by atoms with van der Waals surface area (Å²) in [5.41, 5.74) is -1.36. The second kappa shape index (κ2) is 7.44. The normalized spacial score (nSPS) is 18.1. The molecule has 0 radical (unpaired) electrons. The number of benzene rings is 1. The van der Waals surface area contributed by atoms with E-state index >= 15 is 0 Å². The van der Waals surface area contributed by atoms with Gasteiger partial charge in [-0.1, -0.05) is 26.8 Å². The van der Waals surface area contributed by atoms with Gasteiger partial charge in [0, 0.05) is 30.8 Å². The lowest BCUT2D eigenvalue weighted by Crippen LogP contribution is -2.37. The van der Waals surface area contributed by atoms with Gasteiger partial charge >= 0.3 is 6.18 Å². The van der Waals surface area contributed by atoms with Crippen LogP contribution in [-0.2, 0) is 29.9 Å². The molecule has 0 spiro atoms. The lowest BCUT2D eigenvalue weighted by atomic mass is 9.92. The number of alkyl halides is 3. The Hall–Kier alpha value is -2.42. The van der Waals surface area contributed by atoms with E-state index in [2.05, 4.69) is 4.99 Å². The highest BCUT2D eigenvalue weighted by Crippen LogP contribution is 2.32. The van der Waals surface area contributed by atoms with E-state index in [-0.39, 0.29) is 17.0 Å². The molecule has 0 N–H and O–H groups in total. The number of nitrogens with zero attached hydrogens (tertiary/aromatic N) is 3. The van der Waals surface area contributed by atoms with Gasteiger partial charge in [0.1, 0.15) is 5.82 Å². The van der Waals surface area contributed by atoms with Gasteiger partial charge in [0.15, 0.2) is 5.49 Å². The summed E-state index contributed by atoms with van der Waals surface area (Å²) in [5, 5.41) is 0. The summed E-state index contributed by atoms with van der Waals surface area (Å²) in [5.74, 6) is -2.68. The summed E-state index contributed by atoms with van der Waals surface area (Å²) >= 11 is 0. The Morgan fingerprint density at radius 1 is 1.28 bits per heavy atom. The van der Waals surface area contributed by atoms with Gasteiger partial charge in [-0.05, 0) is 18.6 Å². The number of hydrogen-bond acceptors (Lipinski definition) is 2. The Labute approximate surface area is 165 Å². The van der Waals surface area contributed by atoms with Crippen LogP contribution in [0.4, 0.5) is 17.6 Å². The van der Waals surface area contributed by atoms with Gasteiger partial charge in [0.05, 0.1) is 23.8 Å². The summed E-state index contributed by atoms with van der Waals surface area (Å²) in [4.78, 5) is 16.5. The van der Waals surface area contributed by atoms with E-state index in [1.165, 1.54) is 0 Å². The van der Waals surface area contributed by atoms with Crippen molar-refractivity contribution in [3.05, 3.63) is 52.4 Å². The molecule has 1 unspecified atom stereocenters. The van der Waals surface area contributed by atoms with E-state index in [1.807, 2.05) is 32.5 Å². The molecule has 5 nitrogen and oxygen atoms in total. The Morgan fingerprint density at radius 2 is 1.93 bits per heavy atom. The highest BCUT2D eigenvalue weighted by Gasteiger charge is 2.35. The van der Waals surface area contributed by atoms with Crippen LogP contribution < -0.4 is 5.49 Å². The number of halogens is 4. The van der Waals surface area contributed by atoms with Crippen molar-refractivity contribution < 1.29 is 27.1 Å². The van der Waals surface area contributed by atoms with Gasteiger partial charge in [-0.3, -0.25) is 14.2 Å². The molecule has 0 aliphatic carbocycles. The Kier molecular flexibility index (Phi) is 5.46. The van der Waals surface area contributed by atoms with Crippen LogP contribution in [0.3, 0.4) is 0 Å². The predicted octanol–water partition coefficient (Wildman–Crippen LogP) is 3.81. The summed E-state index contributed by atoms with van der Waals surface area (Å²) < 4.78 is 62.2. The molecule has 3 rings (SSSR count). The average molecular weight is 413 g/mol. The summed E-state index contributed by atoms with van der Waals surface area (Å²) in [7, 11) is 1.81. The van der Waals surface area contributed by atoms with Crippen molar-refractivity contribution in [1.82, 2.24) is 9.36 Å². The molecule has 1 aromatic heterocycles. The molecule has 0 saturated carbocycles. The third kappa shape index (κ3) is 4.29. The number of aromatic nitrogens is 2. The number of rotatable bonds is 3. The zero-order valence-electron chi connectivity index (χ0n) is 16.7. The van der Waals surface area contributed by atoms with Crippen molar-refractivity contribution in [2.75, 3.05) is 6.61 Å². The van der Waals surface area contributed by atoms with Crippen LogP contribution >= 0.6 is 0 Å². The second-order valence-corrected chi connectivity index (χ2v) is 8.11. The van der Waals surface area contributed by atoms with E-state index in [0.717, 1.165) is 24.2 Å². The molecular weight excluding hydrogens is 390 g/mol. The minimum absolute atomic E-state index is 0.0317. The molecule has 158 valence electrons. The number of carbonyl (C=O) groups is 1. The van der Waals surface area contributed by atoms with Gasteiger partial charge in [-0.15, -0.1) is 0 Å². The Bertz CT molecular complexity index is 993. The third-order valence-corrected chi connectivity index (χ3v) is 4.93. The van der Waals surface area contributed by atoms with Gasteiger partial charge < -0.3 is 4.74 Å². The lowest BCUT2D eigenvalue weighted by Gasteiger charge is -2.28. The first-order valence-corrected chi connectivity index (χ1v) is 9.23. The predicted molar refractivity (Wildman–Crippen MR) is 97.8 cm³/mol. The molecular formula is C20H23F4N3O2. The molecule has 9 heteroatoms. The van der Waals surface area contributed by atoms with E-state index < -0.39 is 29.0 Å². The minimum atomic E-state index is -4.89. The minimum Gasteiger partial charge on any atom is -0.376 e. The van der Waals surface area contributed by atoms with Gasteiger partial charge in [-0.2, -0.15) is 18.2 Å². The maximum atomic E-state index is 14.3. The molecule has 1 aliphatic heterocycles. The summed E-state index contributed by atoms with van der Waals surface area (Å²) in [6, 6.07) is 4.29. The number of ether oxygens (including phenoxy) is 1. The van der Waals surface area contributed by atoms with E-state index in [4.69, 9.17) is 4.74 Å². The fourth-order valence-electron chi connectivity index (χ4n) is 3.28. The van der Waals surface area contributed by atoms with Gasteiger partial charge in [-0.25, -0.2) is 4.39 Å². The van der Waals surface area contributed by atoms with Crippen LogP contribution in [0.1, 0.15) is 48.8 Å². The highest BCUT2D eigenvalue weighted by atomic mass is 19.4. The standard InChI is InChI=1S/C20H23F4N3O2/c1-19(2,3)15-10-16(27(26(15)4)11-12-8-9-29-12)25-18(28)13-6-5-7-14(17(13)21)20(22,23)24/h5-7,10,12H,8-9,11H2,1-4H3/b25-16-. The molecule has 29 heavy (non-hydrogen) atoms. The molecule has 1 atom stereocenters. The van der Waals surface area contributed by atoms with Crippen LogP contribution in [0.2, 0.25) is 0 Å². The molecule has 2 aromatic rings. The summed E-state index contributed by atoms with van der Waals surface area (Å²) in [6.45, 7) is 7.06. The highest BCUT2D eigenvalue weighted by molar-refractivity contribution is 5.95. The van der Waals surface area contributed by atoms with E-state index in [9.17, 15) is 22.4 Å². The van der Waals surface area contributed by atoms with Crippen molar-refractivity contribution in [3.63, 3.8) is 0 Å². The average Bonchev–Trinajstić information content (AvgIpc) is 2.86. The maximum absolute atomic E-state index is 14.3. The SMILES string of the molecule is Cn1c(C(C)(C)C)c/c(=N/C(=O)c2cccc(C(F)(F)F)c2F)n1CC1CCO1. The van der Waals surface area contributed by atoms with Crippen LogP contribution in [0, 0.1) is 5.82 Å². The van der Waals surface area contributed by atoms with Crippen molar-refractivity contribution in [2.45, 2.75) is 51.4 Å². The number of amides is 1. The first-order chi connectivity index (χ1) is 13.4. The first-order valence-electron chi connectivity index (χ1n) is 9.23. The Morgan fingerprint density at radius 3 is 2.45 bits per heavy atom. The van der Waals surface area contributed by atoms with Crippen LogP contribution in [-0.4, -0.2) is 28.0 Å². The van der Waals surface area contributed by atoms with Crippen LogP contribution in [0.5, 0.6) is 0 Å². The fraction of sp³-hybridized carbons (Fsp3) is 0.500. The van der Waals surface area contributed by atoms with E-state index in [0.29, 0.717) is 19.2 Å². The molecule has 1 saturated heterocycles. The Balaban J connectivity index is 2.09. The molecule has 1 aromatic carbocycles. The quantitative estimate of drug-likeness (QED) is 0.719. The first kappa shape index (κ1) is 21.3. The zero-order valence-corrected chi connectivity index (χ0v) is 16.7. The second-order valence-electron chi connectivity index (χ2n) is 8.11. The van der Waals surface area contributed by atoms with E-state index in [1.54, 1.807) is 10.7 Å². The third-order valence-electron chi connectivity index (χ3n) is 4.93. The number of carbonyl (C=O) groups excluding carboxylic acids is 1.